The average molecular weight is 607 g/mol. The molecule has 0 aromatic heterocycles. The molecule has 0 fully saturated rings. The van der Waals surface area contributed by atoms with Crippen LogP contribution in [0.1, 0.15) is 24.5 Å². The van der Waals surface area contributed by atoms with E-state index in [1.165, 1.54) is 24.1 Å². The van der Waals surface area contributed by atoms with Crippen molar-refractivity contribution in [3.05, 3.63) is 93.4 Å². The van der Waals surface area contributed by atoms with Crippen molar-refractivity contribution in [2.24, 2.45) is 0 Å². The largest absolute Gasteiger partial charge is 0.357 e. The zero-order chi connectivity index (χ0) is 27.2. The fourth-order valence-corrected chi connectivity index (χ4v) is 5.65. The number of carbonyl (C=O) groups is 2. The van der Waals surface area contributed by atoms with Crippen LogP contribution in [0.15, 0.2) is 82.2 Å². The first-order valence-electron chi connectivity index (χ1n) is 11.7. The van der Waals surface area contributed by atoms with Crippen molar-refractivity contribution in [1.29, 1.82) is 0 Å². The maximum absolute atomic E-state index is 13.8. The van der Waals surface area contributed by atoms with E-state index in [1.54, 1.807) is 67.6 Å². The first-order valence-corrected chi connectivity index (χ1v) is 14.3. The fourth-order valence-electron chi connectivity index (χ4n) is 3.85. The van der Waals surface area contributed by atoms with Gasteiger partial charge in [-0.1, -0.05) is 64.3 Å². The highest BCUT2D eigenvalue weighted by atomic mass is 79.9. The van der Waals surface area contributed by atoms with Gasteiger partial charge in [-0.3, -0.25) is 13.9 Å². The van der Waals surface area contributed by atoms with E-state index in [0.717, 1.165) is 19.9 Å². The number of likely N-dealkylation sites (N-methyl/N-ethyl adjacent to an activating group) is 1. The second kappa shape index (κ2) is 12.6. The van der Waals surface area contributed by atoms with Crippen LogP contribution >= 0.6 is 27.5 Å². The van der Waals surface area contributed by atoms with Crippen LogP contribution in [0, 0.1) is 6.92 Å². The zero-order valence-electron chi connectivity index (χ0n) is 20.8. The van der Waals surface area contributed by atoms with E-state index in [4.69, 9.17) is 11.6 Å². The van der Waals surface area contributed by atoms with E-state index in [0.29, 0.717) is 17.1 Å². The summed E-state index contributed by atoms with van der Waals surface area (Å²) in [6.07, 6.45) is 0.349. The number of benzene rings is 3. The molecule has 3 rings (SSSR count). The van der Waals surface area contributed by atoms with E-state index in [9.17, 15) is 18.0 Å². The van der Waals surface area contributed by atoms with Crippen molar-refractivity contribution in [1.82, 2.24) is 10.2 Å². The molecule has 0 saturated heterocycles. The standard InChI is InChI=1S/C27H29BrClN3O4S/c1-4-25(27(34)30-3)31(17-20-7-11-22(29)12-8-20)26(33)18-32(23-13-9-21(28)10-14-23)37(35,36)24-15-5-19(2)6-16-24/h5-16,25H,4,17-18H2,1-3H3,(H,30,34)/t25-/m1/s1. The van der Waals surface area contributed by atoms with Crippen molar-refractivity contribution in [2.45, 2.75) is 37.8 Å². The maximum atomic E-state index is 13.8. The van der Waals surface area contributed by atoms with Gasteiger partial charge < -0.3 is 10.2 Å². The lowest BCUT2D eigenvalue weighted by Crippen LogP contribution is -2.51. The first-order chi connectivity index (χ1) is 17.6. The molecule has 3 aromatic carbocycles. The van der Waals surface area contributed by atoms with Crippen LogP contribution in [0.3, 0.4) is 0 Å². The molecule has 0 aliphatic heterocycles. The van der Waals surface area contributed by atoms with Crippen LogP contribution in [0.25, 0.3) is 0 Å². The molecule has 3 aromatic rings. The smallest absolute Gasteiger partial charge is 0.264 e. The Balaban J connectivity index is 2.04. The van der Waals surface area contributed by atoms with Gasteiger partial charge in [-0.25, -0.2) is 8.42 Å². The van der Waals surface area contributed by atoms with Crippen molar-refractivity contribution < 1.29 is 18.0 Å². The lowest BCUT2D eigenvalue weighted by molar-refractivity contribution is -0.140. The maximum Gasteiger partial charge on any atom is 0.264 e. The van der Waals surface area contributed by atoms with Gasteiger partial charge in [0.25, 0.3) is 10.0 Å². The number of carbonyl (C=O) groups excluding carboxylic acids is 2. The van der Waals surface area contributed by atoms with Crippen molar-refractivity contribution in [2.75, 3.05) is 17.9 Å². The number of hydrogen-bond donors (Lipinski definition) is 1. The molecular formula is C27H29BrClN3O4S. The van der Waals surface area contributed by atoms with Crippen LogP contribution in [0.2, 0.25) is 5.02 Å². The number of nitrogens with one attached hydrogen (secondary N) is 1. The zero-order valence-corrected chi connectivity index (χ0v) is 24.0. The molecule has 0 radical (unpaired) electrons. The van der Waals surface area contributed by atoms with E-state index < -0.39 is 28.5 Å². The van der Waals surface area contributed by atoms with Gasteiger partial charge in [-0.05, 0) is 67.4 Å². The van der Waals surface area contributed by atoms with Gasteiger partial charge in [-0.15, -0.1) is 0 Å². The molecule has 196 valence electrons. The summed E-state index contributed by atoms with van der Waals surface area (Å²) < 4.78 is 29.4. The molecule has 37 heavy (non-hydrogen) atoms. The number of anilines is 1. The predicted octanol–water partition coefficient (Wildman–Crippen LogP) is 5.16. The third-order valence-corrected chi connectivity index (χ3v) is 8.47. The molecule has 0 aliphatic rings. The first kappa shape index (κ1) is 28.7. The minimum absolute atomic E-state index is 0.0661. The number of amides is 2. The Labute approximate surface area is 231 Å². The molecule has 2 amide bonds. The summed E-state index contributed by atoms with van der Waals surface area (Å²) in [6, 6.07) is 19.3. The minimum atomic E-state index is -4.10. The van der Waals surface area contributed by atoms with Crippen LogP contribution in [0.5, 0.6) is 0 Å². The molecular weight excluding hydrogens is 578 g/mol. The summed E-state index contributed by atoms with van der Waals surface area (Å²) in [4.78, 5) is 28.0. The van der Waals surface area contributed by atoms with Gasteiger partial charge >= 0.3 is 0 Å². The van der Waals surface area contributed by atoms with Gasteiger partial charge in [0, 0.05) is 23.1 Å². The third kappa shape index (κ3) is 7.12. The lowest BCUT2D eigenvalue weighted by Gasteiger charge is -2.33. The van der Waals surface area contributed by atoms with E-state index in [-0.39, 0.29) is 17.3 Å². The van der Waals surface area contributed by atoms with Crippen LogP contribution in [0.4, 0.5) is 5.69 Å². The van der Waals surface area contributed by atoms with Crippen LogP contribution < -0.4 is 9.62 Å². The molecule has 0 heterocycles. The second-order valence-electron chi connectivity index (χ2n) is 8.49. The summed E-state index contributed by atoms with van der Waals surface area (Å²) in [5, 5.41) is 3.15. The van der Waals surface area contributed by atoms with Gasteiger partial charge in [-0.2, -0.15) is 0 Å². The van der Waals surface area contributed by atoms with E-state index in [1.807, 2.05) is 6.92 Å². The quantitative estimate of drug-likeness (QED) is 0.346. The molecule has 7 nitrogen and oxygen atoms in total. The Morgan fingerprint density at radius 1 is 0.973 bits per heavy atom. The number of nitrogens with zero attached hydrogens (tertiary/aromatic N) is 2. The highest BCUT2D eigenvalue weighted by Gasteiger charge is 2.33. The van der Waals surface area contributed by atoms with Gasteiger partial charge in [0.2, 0.25) is 11.8 Å². The molecule has 0 bridgehead atoms. The monoisotopic (exact) mass is 605 g/mol. The lowest BCUT2D eigenvalue weighted by atomic mass is 10.1. The molecule has 1 atom stereocenters. The average Bonchev–Trinajstić information content (AvgIpc) is 2.88. The molecule has 0 aliphatic carbocycles. The number of hydrogen-bond acceptors (Lipinski definition) is 4. The predicted molar refractivity (Wildman–Crippen MR) is 150 cm³/mol. The van der Waals surface area contributed by atoms with E-state index in [2.05, 4.69) is 21.2 Å². The second-order valence-corrected chi connectivity index (χ2v) is 11.7. The molecule has 0 spiro atoms. The number of halogens is 2. The Morgan fingerprint density at radius 2 is 1.57 bits per heavy atom. The summed E-state index contributed by atoms with van der Waals surface area (Å²) in [5.74, 6) is -0.842. The summed E-state index contributed by atoms with van der Waals surface area (Å²) >= 11 is 9.39. The van der Waals surface area contributed by atoms with E-state index >= 15 is 0 Å². The minimum Gasteiger partial charge on any atom is -0.357 e. The SMILES string of the molecule is CC[C@H](C(=O)NC)N(Cc1ccc(Cl)cc1)C(=O)CN(c1ccc(Br)cc1)S(=O)(=O)c1ccc(C)cc1. The Morgan fingerprint density at radius 3 is 2.11 bits per heavy atom. The normalized spacial score (nSPS) is 12.0. The van der Waals surface area contributed by atoms with Gasteiger partial charge in [0.1, 0.15) is 12.6 Å². The topological polar surface area (TPSA) is 86.8 Å². The molecule has 1 N–H and O–H groups in total. The highest BCUT2D eigenvalue weighted by Crippen LogP contribution is 2.26. The van der Waals surface area contributed by atoms with Crippen molar-refractivity contribution in [3.8, 4) is 0 Å². The van der Waals surface area contributed by atoms with Crippen molar-refractivity contribution >= 4 is 55.1 Å². The summed E-state index contributed by atoms with van der Waals surface area (Å²) in [6.45, 7) is 3.29. The molecule has 0 saturated carbocycles. The highest BCUT2D eigenvalue weighted by molar-refractivity contribution is 9.10. The Hall–Kier alpha value is -2.88. The van der Waals surface area contributed by atoms with Crippen molar-refractivity contribution in [3.63, 3.8) is 0 Å². The fraction of sp³-hybridized carbons (Fsp3) is 0.259. The summed E-state index contributed by atoms with van der Waals surface area (Å²) in [5.41, 5.74) is 2.00. The van der Waals surface area contributed by atoms with Crippen LogP contribution in [-0.2, 0) is 26.2 Å². The Kier molecular flexibility index (Phi) is 9.75. The number of sulfonamides is 1. The van der Waals surface area contributed by atoms with Gasteiger partial charge in [0.15, 0.2) is 0 Å². The van der Waals surface area contributed by atoms with Gasteiger partial charge in [0.05, 0.1) is 10.6 Å². The number of rotatable bonds is 10. The Bertz CT molecular complexity index is 1330. The summed E-state index contributed by atoms with van der Waals surface area (Å²) in [7, 11) is -2.59. The third-order valence-electron chi connectivity index (χ3n) is 5.90. The molecule has 0 unspecified atom stereocenters. The molecule has 10 heteroatoms. The number of aryl methyl sites for hydroxylation is 1. The van der Waals surface area contributed by atoms with Crippen LogP contribution in [-0.4, -0.2) is 44.8 Å².